The first-order chi connectivity index (χ1) is 11.6. The van der Waals surface area contributed by atoms with Crippen LogP contribution < -0.4 is 5.32 Å². The monoisotopic (exact) mass is 353 g/mol. The lowest BCUT2D eigenvalue weighted by Gasteiger charge is -2.44. The molecule has 2 aliphatic rings. The number of aromatic nitrogens is 1. The van der Waals surface area contributed by atoms with Crippen LogP contribution in [0.4, 0.5) is 4.79 Å². The van der Waals surface area contributed by atoms with Gasteiger partial charge in [0, 0.05) is 30.1 Å². The van der Waals surface area contributed by atoms with Crippen molar-refractivity contribution in [3.8, 4) is 0 Å². The van der Waals surface area contributed by atoms with E-state index in [0.29, 0.717) is 38.8 Å². The molecule has 0 bridgehead atoms. The van der Waals surface area contributed by atoms with Crippen molar-refractivity contribution in [1.29, 1.82) is 0 Å². The Hall–Kier alpha value is -1.18. The molecule has 1 saturated heterocycles. The molecule has 2 fully saturated rings. The summed E-state index contributed by atoms with van der Waals surface area (Å²) < 4.78 is 12.1. The van der Waals surface area contributed by atoms with Gasteiger partial charge in [0.15, 0.2) is 0 Å². The number of morpholine rings is 1. The standard InChI is InChI=1S/C17H27N3O3S/c1-13(2)19-16(21)20-7-8-23-17(12-20)5-3-4-14(17)10-22-11-15-18-6-9-24-15/h6,9,13-14H,3-5,7-8,10-12H2,1-2H3,(H,19,21)/t14-,17+/m0/s1. The Morgan fingerprint density at radius 1 is 1.62 bits per heavy atom. The molecule has 24 heavy (non-hydrogen) atoms. The highest BCUT2D eigenvalue weighted by Gasteiger charge is 2.47. The van der Waals surface area contributed by atoms with Crippen LogP contribution in [0, 0.1) is 5.92 Å². The predicted molar refractivity (Wildman–Crippen MR) is 93.0 cm³/mol. The van der Waals surface area contributed by atoms with Crippen molar-refractivity contribution in [3.05, 3.63) is 16.6 Å². The zero-order valence-electron chi connectivity index (χ0n) is 14.5. The van der Waals surface area contributed by atoms with Gasteiger partial charge < -0.3 is 19.7 Å². The second kappa shape index (κ2) is 7.80. The molecular weight excluding hydrogens is 326 g/mol. The number of urea groups is 1. The van der Waals surface area contributed by atoms with Crippen molar-refractivity contribution < 1.29 is 14.3 Å². The molecule has 2 amide bonds. The van der Waals surface area contributed by atoms with Crippen LogP contribution in [0.15, 0.2) is 11.6 Å². The number of carbonyl (C=O) groups is 1. The average molecular weight is 353 g/mol. The highest BCUT2D eigenvalue weighted by molar-refractivity contribution is 7.09. The second-order valence-electron chi connectivity index (χ2n) is 6.97. The quantitative estimate of drug-likeness (QED) is 0.884. The van der Waals surface area contributed by atoms with Gasteiger partial charge in [-0.15, -0.1) is 11.3 Å². The number of amides is 2. The molecule has 134 valence electrons. The molecule has 1 N–H and O–H groups in total. The Morgan fingerprint density at radius 3 is 3.25 bits per heavy atom. The van der Waals surface area contributed by atoms with Gasteiger partial charge in [-0.1, -0.05) is 6.42 Å². The molecule has 0 unspecified atom stereocenters. The van der Waals surface area contributed by atoms with Crippen LogP contribution in [-0.4, -0.2) is 53.9 Å². The Bertz CT molecular complexity index is 537. The summed E-state index contributed by atoms with van der Waals surface area (Å²) in [4.78, 5) is 18.5. The van der Waals surface area contributed by atoms with E-state index >= 15 is 0 Å². The number of carbonyl (C=O) groups excluding carboxylic acids is 1. The predicted octanol–water partition coefficient (Wildman–Crippen LogP) is 2.65. The van der Waals surface area contributed by atoms with Crippen LogP contribution in [0.2, 0.25) is 0 Å². The average Bonchev–Trinajstić information content (AvgIpc) is 3.18. The summed E-state index contributed by atoms with van der Waals surface area (Å²) in [5, 5.41) is 5.96. The molecule has 1 spiro atoms. The van der Waals surface area contributed by atoms with Gasteiger partial charge in [0.25, 0.3) is 0 Å². The molecule has 2 atom stereocenters. The number of ether oxygens (including phenoxy) is 2. The lowest BCUT2D eigenvalue weighted by Crippen LogP contribution is -2.58. The van der Waals surface area contributed by atoms with Crippen LogP contribution in [0.25, 0.3) is 0 Å². The van der Waals surface area contributed by atoms with Gasteiger partial charge in [-0.3, -0.25) is 0 Å². The summed E-state index contributed by atoms with van der Waals surface area (Å²) >= 11 is 1.61. The summed E-state index contributed by atoms with van der Waals surface area (Å²) in [6.07, 6.45) is 5.03. The van der Waals surface area contributed by atoms with E-state index in [1.54, 1.807) is 17.5 Å². The van der Waals surface area contributed by atoms with Crippen molar-refractivity contribution in [2.24, 2.45) is 5.92 Å². The van der Waals surface area contributed by atoms with Gasteiger partial charge in [0.2, 0.25) is 0 Å². The summed E-state index contributed by atoms with van der Waals surface area (Å²) in [6.45, 7) is 7.12. The summed E-state index contributed by atoms with van der Waals surface area (Å²) in [5.41, 5.74) is -0.241. The Kier molecular flexibility index (Phi) is 5.73. The SMILES string of the molecule is CC(C)NC(=O)N1CCO[C@]2(CCC[C@H]2COCc2nccs2)C1. The maximum Gasteiger partial charge on any atom is 0.317 e. The van der Waals surface area contributed by atoms with E-state index in [9.17, 15) is 4.79 Å². The molecule has 7 heteroatoms. The van der Waals surface area contributed by atoms with Gasteiger partial charge in [-0.2, -0.15) is 0 Å². The fourth-order valence-electron chi connectivity index (χ4n) is 3.68. The van der Waals surface area contributed by atoms with Gasteiger partial charge in [-0.25, -0.2) is 9.78 Å². The molecule has 1 saturated carbocycles. The first-order valence-electron chi connectivity index (χ1n) is 8.74. The van der Waals surface area contributed by atoms with Crippen molar-refractivity contribution >= 4 is 17.4 Å². The lowest BCUT2D eigenvalue weighted by atomic mass is 9.89. The molecule has 1 aromatic rings. The van der Waals surface area contributed by atoms with Crippen LogP contribution in [0.1, 0.15) is 38.1 Å². The van der Waals surface area contributed by atoms with Gasteiger partial charge in [0.05, 0.1) is 32.0 Å². The van der Waals surface area contributed by atoms with Crippen molar-refractivity contribution in [3.63, 3.8) is 0 Å². The molecule has 6 nitrogen and oxygen atoms in total. The molecule has 2 heterocycles. The highest BCUT2D eigenvalue weighted by atomic mass is 32.1. The maximum absolute atomic E-state index is 12.3. The number of rotatable bonds is 5. The first-order valence-corrected chi connectivity index (χ1v) is 9.62. The van der Waals surface area contributed by atoms with Crippen LogP contribution in [0.5, 0.6) is 0 Å². The number of hydrogen-bond donors (Lipinski definition) is 1. The van der Waals surface area contributed by atoms with Crippen LogP contribution in [-0.2, 0) is 16.1 Å². The van der Waals surface area contributed by atoms with E-state index in [-0.39, 0.29) is 17.7 Å². The topological polar surface area (TPSA) is 63.7 Å². The normalized spacial score (nSPS) is 27.1. The second-order valence-corrected chi connectivity index (χ2v) is 7.95. The van der Waals surface area contributed by atoms with Gasteiger partial charge >= 0.3 is 6.03 Å². The van der Waals surface area contributed by atoms with Crippen LogP contribution >= 0.6 is 11.3 Å². The minimum absolute atomic E-state index is 0.0158. The summed E-state index contributed by atoms with van der Waals surface area (Å²) in [6, 6.07) is 0.166. The Labute approximate surface area is 147 Å². The van der Waals surface area contributed by atoms with E-state index in [1.165, 1.54) is 0 Å². The summed E-state index contributed by atoms with van der Waals surface area (Å²) in [7, 11) is 0. The number of hydrogen-bond acceptors (Lipinski definition) is 5. The number of nitrogens with one attached hydrogen (secondary N) is 1. The van der Waals surface area contributed by atoms with E-state index in [2.05, 4.69) is 10.3 Å². The molecule has 3 rings (SSSR count). The fraction of sp³-hybridized carbons (Fsp3) is 0.765. The number of nitrogens with zero attached hydrogens (tertiary/aromatic N) is 2. The Morgan fingerprint density at radius 2 is 2.50 bits per heavy atom. The van der Waals surface area contributed by atoms with Gasteiger partial charge in [0.1, 0.15) is 5.01 Å². The zero-order chi connectivity index (χ0) is 17.0. The van der Waals surface area contributed by atoms with Crippen molar-refractivity contribution in [2.45, 2.75) is 51.4 Å². The van der Waals surface area contributed by atoms with Crippen molar-refractivity contribution in [1.82, 2.24) is 15.2 Å². The maximum atomic E-state index is 12.3. The third-order valence-electron chi connectivity index (χ3n) is 4.83. The summed E-state index contributed by atoms with van der Waals surface area (Å²) in [5.74, 6) is 0.340. The highest BCUT2D eigenvalue weighted by Crippen LogP contribution is 2.41. The first kappa shape index (κ1) is 17.6. The van der Waals surface area contributed by atoms with Crippen molar-refractivity contribution in [2.75, 3.05) is 26.3 Å². The van der Waals surface area contributed by atoms with E-state index in [0.717, 1.165) is 24.3 Å². The Balaban J connectivity index is 1.56. The van der Waals surface area contributed by atoms with E-state index < -0.39 is 0 Å². The molecular formula is C17H27N3O3S. The molecule has 1 aromatic heterocycles. The lowest BCUT2D eigenvalue weighted by molar-refractivity contribution is -0.133. The van der Waals surface area contributed by atoms with Crippen LogP contribution in [0.3, 0.4) is 0 Å². The molecule has 1 aliphatic carbocycles. The van der Waals surface area contributed by atoms with E-state index in [4.69, 9.17) is 9.47 Å². The third-order valence-corrected chi connectivity index (χ3v) is 5.59. The van der Waals surface area contributed by atoms with Gasteiger partial charge in [-0.05, 0) is 26.7 Å². The van der Waals surface area contributed by atoms with E-state index in [1.807, 2.05) is 24.1 Å². The minimum atomic E-state index is -0.241. The smallest absolute Gasteiger partial charge is 0.317 e. The number of thiazole rings is 1. The molecule has 1 aliphatic heterocycles. The third kappa shape index (κ3) is 4.07. The largest absolute Gasteiger partial charge is 0.374 e. The molecule has 0 radical (unpaired) electrons. The zero-order valence-corrected chi connectivity index (χ0v) is 15.3. The molecule has 0 aromatic carbocycles. The minimum Gasteiger partial charge on any atom is -0.374 e. The fourth-order valence-corrected chi connectivity index (χ4v) is 4.23.